The van der Waals surface area contributed by atoms with Gasteiger partial charge >= 0.3 is 0 Å². The standard InChI is InChI=1S/C21H27N5/c1-2-17(16-24-21-8-3-4-10-23-21)25-12-14-26(15-13-25)20-7-5-6-19-18(20)9-11-22-19/h3-11,17,22H,2,12-16H2,1H3,(H,23,24)/t17-/m1/s1. The van der Waals surface area contributed by atoms with Gasteiger partial charge in [-0.15, -0.1) is 0 Å². The molecule has 1 aromatic carbocycles. The molecule has 3 aromatic rings. The summed E-state index contributed by atoms with van der Waals surface area (Å²) in [4.78, 5) is 12.8. The Morgan fingerprint density at radius 3 is 2.73 bits per heavy atom. The zero-order chi connectivity index (χ0) is 17.8. The van der Waals surface area contributed by atoms with Gasteiger partial charge < -0.3 is 15.2 Å². The molecule has 5 heteroatoms. The fraction of sp³-hybridized carbons (Fsp3) is 0.381. The summed E-state index contributed by atoms with van der Waals surface area (Å²) in [5.41, 5.74) is 2.57. The third-order valence-electron chi connectivity index (χ3n) is 5.40. The van der Waals surface area contributed by atoms with E-state index in [1.807, 2.05) is 30.6 Å². The van der Waals surface area contributed by atoms with Crippen LogP contribution in [-0.2, 0) is 0 Å². The van der Waals surface area contributed by atoms with Crippen molar-refractivity contribution in [2.45, 2.75) is 19.4 Å². The molecule has 5 nitrogen and oxygen atoms in total. The van der Waals surface area contributed by atoms with Crippen LogP contribution < -0.4 is 10.2 Å². The van der Waals surface area contributed by atoms with Crippen molar-refractivity contribution in [3.63, 3.8) is 0 Å². The molecule has 0 unspecified atom stereocenters. The molecular weight excluding hydrogens is 322 g/mol. The molecule has 1 aliphatic rings. The minimum Gasteiger partial charge on any atom is -0.369 e. The molecule has 1 aliphatic heterocycles. The predicted molar refractivity (Wildman–Crippen MR) is 109 cm³/mol. The number of benzene rings is 1. The van der Waals surface area contributed by atoms with Gasteiger partial charge in [0.25, 0.3) is 0 Å². The normalized spacial score (nSPS) is 16.7. The second kappa shape index (κ2) is 7.79. The molecule has 0 radical (unpaired) electrons. The minimum atomic E-state index is 0.544. The first-order valence-corrected chi connectivity index (χ1v) is 9.55. The van der Waals surface area contributed by atoms with E-state index in [0.717, 1.165) is 45.0 Å². The number of nitrogens with one attached hydrogen (secondary N) is 2. The van der Waals surface area contributed by atoms with Gasteiger partial charge in [0.15, 0.2) is 0 Å². The molecule has 1 atom stereocenters. The molecule has 0 spiro atoms. The molecule has 136 valence electrons. The molecule has 3 heterocycles. The van der Waals surface area contributed by atoms with Crippen molar-refractivity contribution < 1.29 is 0 Å². The van der Waals surface area contributed by atoms with Crippen LogP contribution in [0.1, 0.15) is 13.3 Å². The monoisotopic (exact) mass is 349 g/mol. The molecular formula is C21H27N5. The van der Waals surface area contributed by atoms with Gasteiger partial charge in [0, 0.05) is 67.7 Å². The Morgan fingerprint density at radius 2 is 1.96 bits per heavy atom. The highest BCUT2D eigenvalue weighted by molar-refractivity contribution is 5.92. The van der Waals surface area contributed by atoms with Crippen LogP contribution in [0.3, 0.4) is 0 Å². The SMILES string of the molecule is CC[C@H](CNc1ccccn1)N1CCN(c2cccc3[nH]ccc23)CC1. The van der Waals surface area contributed by atoms with Crippen LogP contribution in [0.4, 0.5) is 11.5 Å². The number of hydrogen-bond acceptors (Lipinski definition) is 4. The Labute approximate surface area is 155 Å². The van der Waals surface area contributed by atoms with E-state index < -0.39 is 0 Å². The van der Waals surface area contributed by atoms with Gasteiger partial charge in [0.2, 0.25) is 0 Å². The largest absolute Gasteiger partial charge is 0.369 e. The van der Waals surface area contributed by atoms with Gasteiger partial charge in [0.05, 0.1) is 0 Å². The van der Waals surface area contributed by atoms with E-state index in [-0.39, 0.29) is 0 Å². The number of fused-ring (bicyclic) bond motifs is 1. The maximum absolute atomic E-state index is 4.36. The van der Waals surface area contributed by atoms with E-state index in [1.165, 1.54) is 16.6 Å². The number of rotatable bonds is 6. The summed E-state index contributed by atoms with van der Waals surface area (Å²) < 4.78 is 0. The third-order valence-corrected chi connectivity index (χ3v) is 5.40. The number of hydrogen-bond donors (Lipinski definition) is 2. The van der Waals surface area contributed by atoms with Crippen molar-refractivity contribution in [1.29, 1.82) is 0 Å². The van der Waals surface area contributed by atoms with Gasteiger partial charge in [-0.25, -0.2) is 4.98 Å². The fourth-order valence-corrected chi connectivity index (χ4v) is 3.89. The Bertz CT molecular complexity index is 821. The maximum Gasteiger partial charge on any atom is 0.125 e. The first-order chi connectivity index (χ1) is 12.8. The first kappa shape index (κ1) is 16.9. The topological polar surface area (TPSA) is 47.2 Å². The molecule has 0 aliphatic carbocycles. The summed E-state index contributed by atoms with van der Waals surface area (Å²) in [5, 5.41) is 4.81. The van der Waals surface area contributed by atoms with Crippen LogP contribution in [-0.4, -0.2) is 53.6 Å². The summed E-state index contributed by atoms with van der Waals surface area (Å²) in [7, 11) is 0. The summed E-state index contributed by atoms with van der Waals surface area (Å²) in [5.74, 6) is 0.962. The molecule has 0 saturated carbocycles. The zero-order valence-electron chi connectivity index (χ0n) is 15.4. The Balaban J connectivity index is 1.37. The molecule has 1 saturated heterocycles. The molecule has 2 aromatic heterocycles. The van der Waals surface area contributed by atoms with E-state index in [1.54, 1.807) is 0 Å². The van der Waals surface area contributed by atoms with Crippen LogP contribution >= 0.6 is 0 Å². The molecule has 2 N–H and O–H groups in total. The lowest BCUT2D eigenvalue weighted by Crippen LogP contribution is -2.52. The number of aromatic amines is 1. The first-order valence-electron chi connectivity index (χ1n) is 9.55. The quantitative estimate of drug-likeness (QED) is 0.714. The van der Waals surface area contributed by atoms with Crippen molar-refractivity contribution >= 4 is 22.4 Å². The van der Waals surface area contributed by atoms with E-state index in [9.17, 15) is 0 Å². The van der Waals surface area contributed by atoms with Crippen molar-refractivity contribution in [3.8, 4) is 0 Å². The van der Waals surface area contributed by atoms with Gasteiger partial charge in [-0.05, 0) is 36.8 Å². The van der Waals surface area contributed by atoms with Gasteiger partial charge in [-0.1, -0.05) is 19.1 Å². The average Bonchev–Trinajstić information content (AvgIpc) is 3.19. The van der Waals surface area contributed by atoms with Gasteiger partial charge in [-0.2, -0.15) is 0 Å². The van der Waals surface area contributed by atoms with E-state index in [4.69, 9.17) is 0 Å². The van der Waals surface area contributed by atoms with Crippen LogP contribution in [0.15, 0.2) is 54.9 Å². The van der Waals surface area contributed by atoms with Crippen LogP contribution in [0, 0.1) is 0 Å². The van der Waals surface area contributed by atoms with E-state index in [0.29, 0.717) is 6.04 Å². The Morgan fingerprint density at radius 1 is 1.08 bits per heavy atom. The zero-order valence-corrected chi connectivity index (χ0v) is 15.4. The average molecular weight is 349 g/mol. The highest BCUT2D eigenvalue weighted by Crippen LogP contribution is 2.27. The fourth-order valence-electron chi connectivity index (χ4n) is 3.89. The Hall–Kier alpha value is -2.53. The summed E-state index contributed by atoms with van der Waals surface area (Å²) in [6.07, 6.45) is 5.01. The summed E-state index contributed by atoms with van der Waals surface area (Å²) >= 11 is 0. The van der Waals surface area contributed by atoms with Crippen molar-refractivity contribution in [3.05, 3.63) is 54.9 Å². The maximum atomic E-state index is 4.36. The number of piperazine rings is 1. The highest BCUT2D eigenvalue weighted by atomic mass is 15.3. The molecule has 0 bridgehead atoms. The van der Waals surface area contributed by atoms with Gasteiger partial charge in [-0.3, -0.25) is 4.90 Å². The third kappa shape index (κ3) is 3.53. The number of H-pyrrole nitrogens is 1. The van der Waals surface area contributed by atoms with Crippen LogP contribution in [0.5, 0.6) is 0 Å². The number of nitrogens with zero attached hydrogens (tertiary/aromatic N) is 3. The second-order valence-corrected chi connectivity index (χ2v) is 6.90. The molecule has 1 fully saturated rings. The smallest absolute Gasteiger partial charge is 0.125 e. The number of anilines is 2. The van der Waals surface area contributed by atoms with E-state index >= 15 is 0 Å². The van der Waals surface area contributed by atoms with Gasteiger partial charge in [0.1, 0.15) is 5.82 Å². The summed E-state index contributed by atoms with van der Waals surface area (Å²) in [6, 6.07) is 15.3. The molecule has 26 heavy (non-hydrogen) atoms. The van der Waals surface area contributed by atoms with Crippen LogP contribution in [0.2, 0.25) is 0 Å². The van der Waals surface area contributed by atoms with E-state index in [2.05, 4.69) is 56.3 Å². The van der Waals surface area contributed by atoms with Crippen LogP contribution in [0.25, 0.3) is 10.9 Å². The molecule has 0 amide bonds. The lowest BCUT2D eigenvalue weighted by molar-refractivity contribution is 0.188. The van der Waals surface area contributed by atoms with Crippen molar-refractivity contribution in [2.24, 2.45) is 0 Å². The van der Waals surface area contributed by atoms with Crippen molar-refractivity contribution in [2.75, 3.05) is 42.9 Å². The summed E-state index contributed by atoms with van der Waals surface area (Å²) in [6.45, 7) is 7.57. The number of aromatic nitrogens is 2. The molecule has 4 rings (SSSR count). The lowest BCUT2D eigenvalue weighted by Gasteiger charge is -2.40. The Kier molecular flexibility index (Phi) is 5.07. The lowest BCUT2D eigenvalue weighted by atomic mass is 10.1. The minimum absolute atomic E-state index is 0.544. The highest BCUT2D eigenvalue weighted by Gasteiger charge is 2.23. The van der Waals surface area contributed by atoms with Crippen molar-refractivity contribution in [1.82, 2.24) is 14.9 Å². The predicted octanol–water partition coefficient (Wildman–Crippen LogP) is 3.58. The second-order valence-electron chi connectivity index (χ2n) is 6.90. The number of pyridine rings is 1.